The van der Waals surface area contributed by atoms with E-state index in [9.17, 15) is 29.1 Å². The second-order valence-corrected chi connectivity index (χ2v) is 10.3. The van der Waals surface area contributed by atoms with Gasteiger partial charge in [0.1, 0.15) is 22.7 Å². The molecule has 1 saturated heterocycles. The van der Waals surface area contributed by atoms with E-state index in [0.29, 0.717) is 5.56 Å². The number of hydrogen-bond donors (Lipinski definition) is 3. The lowest BCUT2D eigenvalue weighted by molar-refractivity contribution is -0.162. The van der Waals surface area contributed by atoms with Crippen LogP contribution in [0.15, 0.2) is 41.6 Å². The molecule has 0 bridgehead atoms. The minimum Gasteiger partial charge on any atom is -0.477 e. The molecule has 1 aromatic rings. The van der Waals surface area contributed by atoms with Gasteiger partial charge in [-0.3, -0.25) is 19.3 Å². The molecule has 0 spiro atoms. The van der Waals surface area contributed by atoms with E-state index in [4.69, 9.17) is 14.2 Å². The molecule has 0 radical (unpaired) electrons. The van der Waals surface area contributed by atoms with Gasteiger partial charge in [0, 0.05) is 25.4 Å². The highest BCUT2D eigenvalue weighted by atomic mass is 32.2. The average molecular weight is 536 g/mol. The van der Waals surface area contributed by atoms with Crippen molar-refractivity contribution in [3.8, 4) is 0 Å². The summed E-state index contributed by atoms with van der Waals surface area (Å²) in [6, 6.07) is 7.01. The first kappa shape index (κ1) is 28.0. The van der Waals surface area contributed by atoms with E-state index in [1.54, 1.807) is 51.1 Å². The van der Waals surface area contributed by atoms with Crippen LogP contribution in [0.1, 0.15) is 39.3 Å². The summed E-state index contributed by atoms with van der Waals surface area (Å²) in [5.74, 6) is -3.55. The lowest BCUT2D eigenvalue weighted by Crippen LogP contribution is -2.66. The standard InChI is InChI=1S/C24H29N3O9S/c1-12(28)35-19(14-11-37-21-17(34-5)20(30)27(21)16(14)22(31)32)26-18(29)15(13-9-7-6-8-10-13)25-23(33)36-24(2,3)4/h6-10,15,17,19,21H,11H2,1-5H3,(H,25,33)(H,26,29)(H,31,32)/t15?,17-,19?,21+/m0/s1. The zero-order chi connectivity index (χ0) is 27.5. The zero-order valence-electron chi connectivity index (χ0n) is 21.0. The molecule has 2 unspecified atom stereocenters. The molecule has 2 aliphatic heterocycles. The summed E-state index contributed by atoms with van der Waals surface area (Å²) >= 11 is 1.21. The highest BCUT2D eigenvalue weighted by molar-refractivity contribution is 8.00. The van der Waals surface area contributed by atoms with Crippen LogP contribution >= 0.6 is 11.8 Å². The number of rotatable bonds is 8. The molecule has 0 saturated carbocycles. The van der Waals surface area contributed by atoms with Gasteiger partial charge in [-0.15, -0.1) is 11.8 Å². The monoisotopic (exact) mass is 535 g/mol. The Morgan fingerprint density at radius 2 is 1.78 bits per heavy atom. The summed E-state index contributed by atoms with van der Waals surface area (Å²) in [6.07, 6.45) is -3.19. The van der Waals surface area contributed by atoms with Crippen molar-refractivity contribution in [2.24, 2.45) is 0 Å². The SMILES string of the molecule is CO[C@H]1C(=O)N2C(C(=O)O)=C(C(NC(=O)C(NC(=O)OC(C)(C)C)c3ccccc3)OC(C)=O)CS[C@H]12. The smallest absolute Gasteiger partial charge is 0.408 e. The number of ether oxygens (including phenoxy) is 3. The molecule has 3 amide bonds. The Labute approximate surface area is 217 Å². The van der Waals surface area contributed by atoms with Crippen LogP contribution in [-0.4, -0.2) is 76.0 Å². The van der Waals surface area contributed by atoms with E-state index >= 15 is 0 Å². The van der Waals surface area contributed by atoms with Gasteiger partial charge in [0.2, 0.25) is 12.1 Å². The molecular formula is C24H29N3O9S. The second-order valence-electron chi connectivity index (χ2n) is 9.23. The molecule has 3 N–H and O–H groups in total. The number of benzene rings is 1. The van der Waals surface area contributed by atoms with Gasteiger partial charge in [-0.2, -0.15) is 0 Å². The lowest BCUT2D eigenvalue weighted by Gasteiger charge is -2.49. The molecule has 2 aliphatic rings. The van der Waals surface area contributed by atoms with Gasteiger partial charge in [-0.1, -0.05) is 30.3 Å². The summed E-state index contributed by atoms with van der Waals surface area (Å²) in [4.78, 5) is 63.6. The second kappa shape index (κ2) is 11.2. The van der Waals surface area contributed by atoms with Crippen LogP contribution in [0.5, 0.6) is 0 Å². The summed E-state index contributed by atoms with van der Waals surface area (Å²) in [7, 11) is 1.35. The van der Waals surface area contributed by atoms with Crippen molar-refractivity contribution < 1.29 is 43.3 Å². The number of carboxylic acid groups (broad SMARTS) is 1. The van der Waals surface area contributed by atoms with E-state index in [2.05, 4.69) is 10.6 Å². The third-order valence-corrected chi connectivity index (χ3v) is 6.61. The molecule has 3 rings (SSSR count). The van der Waals surface area contributed by atoms with Gasteiger partial charge < -0.3 is 30.0 Å². The number of esters is 1. The Morgan fingerprint density at radius 3 is 2.32 bits per heavy atom. The van der Waals surface area contributed by atoms with Crippen molar-refractivity contribution in [2.75, 3.05) is 12.9 Å². The predicted octanol–water partition coefficient (Wildman–Crippen LogP) is 1.53. The molecule has 13 heteroatoms. The van der Waals surface area contributed by atoms with E-state index in [0.717, 1.165) is 11.8 Å². The summed E-state index contributed by atoms with van der Waals surface area (Å²) in [5.41, 5.74) is -0.823. The number of thioether (sulfide) groups is 1. The fourth-order valence-corrected chi connectivity index (χ4v) is 5.23. The van der Waals surface area contributed by atoms with Crippen molar-refractivity contribution >= 4 is 41.6 Å². The maximum absolute atomic E-state index is 13.4. The van der Waals surface area contributed by atoms with Crippen molar-refractivity contribution in [2.45, 2.75) is 57.0 Å². The highest BCUT2D eigenvalue weighted by Crippen LogP contribution is 2.42. The van der Waals surface area contributed by atoms with E-state index < -0.39 is 64.9 Å². The van der Waals surface area contributed by atoms with E-state index in [1.807, 2.05) is 0 Å². The first-order valence-corrected chi connectivity index (χ1v) is 12.3. The minimum absolute atomic E-state index is 0.00397. The van der Waals surface area contributed by atoms with Gasteiger partial charge in [0.05, 0.1) is 0 Å². The maximum atomic E-state index is 13.4. The fraction of sp³-hybridized carbons (Fsp3) is 0.458. The van der Waals surface area contributed by atoms with Gasteiger partial charge in [0.15, 0.2) is 6.10 Å². The van der Waals surface area contributed by atoms with Crippen LogP contribution in [0.4, 0.5) is 4.79 Å². The van der Waals surface area contributed by atoms with Crippen LogP contribution in [0, 0.1) is 0 Å². The number of carbonyl (C=O) groups excluding carboxylic acids is 4. The number of β-lactam (4-membered cyclic amide) rings is 1. The predicted molar refractivity (Wildman–Crippen MR) is 131 cm³/mol. The number of aliphatic carboxylic acids is 1. The van der Waals surface area contributed by atoms with E-state index in [-0.39, 0.29) is 11.3 Å². The lowest BCUT2D eigenvalue weighted by atomic mass is 10.0. The molecule has 4 atom stereocenters. The van der Waals surface area contributed by atoms with E-state index in [1.165, 1.54) is 18.9 Å². The van der Waals surface area contributed by atoms with Crippen LogP contribution < -0.4 is 10.6 Å². The quantitative estimate of drug-likeness (QED) is 0.253. The number of alkyl carbamates (subject to hydrolysis) is 1. The molecule has 1 aromatic carbocycles. The summed E-state index contributed by atoms with van der Waals surface area (Å²) < 4.78 is 15.7. The fourth-order valence-electron chi connectivity index (χ4n) is 3.83. The maximum Gasteiger partial charge on any atom is 0.408 e. The first-order chi connectivity index (χ1) is 17.3. The Bertz CT molecular complexity index is 1120. The number of fused-ring (bicyclic) bond motifs is 1. The molecular weight excluding hydrogens is 506 g/mol. The number of amides is 3. The largest absolute Gasteiger partial charge is 0.477 e. The normalized spacial score (nSPS) is 20.7. The third-order valence-electron chi connectivity index (χ3n) is 5.34. The van der Waals surface area contributed by atoms with Gasteiger partial charge >= 0.3 is 18.0 Å². The molecule has 2 heterocycles. The molecule has 200 valence electrons. The third kappa shape index (κ3) is 6.41. The Hall–Kier alpha value is -3.58. The number of carboxylic acids is 1. The van der Waals surface area contributed by atoms with Crippen molar-refractivity contribution in [1.29, 1.82) is 0 Å². The number of nitrogens with one attached hydrogen (secondary N) is 2. The first-order valence-electron chi connectivity index (χ1n) is 11.3. The van der Waals surface area contributed by atoms with Crippen LogP contribution in [0.3, 0.4) is 0 Å². The Balaban J connectivity index is 1.94. The van der Waals surface area contributed by atoms with Crippen molar-refractivity contribution in [3.63, 3.8) is 0 Å². The molecule has 0 aromatic heterocycles. The number of nitrogens with zero attached hydrogens (tertiary/aromatic N) is 1. The van der Waals surface area contributed by atoms with Gasteiger partial charge in [-0.05, 0) is 26.3 Å². The molecule has 0 aliphatic carbocycles. The summed E-state index contributed by atoms with van der Waals surface area (Å²) in [5, 5.41) is 14.4. The molecule has 12 nitrogen and oxygen atoms in total. The highest BCUT2D eigenvalue weighted by Gasteiger charge is 2.55. The number of hydrogen-bond acceptors (Lipinski definition) is 9. The molecule has 37 heavy (non-hydrogen) atoms. The zero-order valence-corrected chi connectivity index (χ0v) is 21.8. The van der Waals surface area contributed by atoms with Crippen molar-refractivity contribution in [3.05, 3.63) is 47.2 Å². The summed E-state index contributed by atoms with van der Waals surface area (Å²) in [6.45, 7) is 6.10. The van der Waals surface area contributed by atoms with Gasteiger partial charge in [0.25, 0.3) is 5.91 Å². The van der Waals surface area contributed by atoms with Crippen LogP contribution in [0.2, 0.25) is 0 Å². The van der Waals surface area contributed by atoms with Crippen LogP contribution in [0.25, 0.3) is 0 Å². The Kier molecular flexibility index (Phi) is 8.49. The molecule has 1 fully saturated rings. The van der Waals surface area contributed by atoms with Gasteiger partial charge in [-0.25, -0.2) is 9.59 Å². The minimum atomic E-state index is -1.52. The number of methoxy groups -OCH3 is 1. The topological polar surface area (TPSA) is 161 Å². The Morgan fingerprint density at radius 1 is 1.14 bits per heavy atom. The van der Waals surface area contributed by atoms with Crippen LogP contribution in [-0.2, 0) is 33.4 Å². The number of carbonyl (C=O) groups is 5. The van der Waals surface area contributed by atoms with Crippen molar-refractivity contribution in [1.82, 2.24) is 15.5 Å². The average Bonchev–Trinajstić information content (AvgIpc) is 2.80.